The molecule has 21 heavy (non-hydrogen) atoms. The number of anilines is 1. The van der Waals surface area contributed by atoms with Crippen molar-refractivity contribution in [1.82, 2.24) is 5.43 Å². The van der Waals surface area contributed by atoms with Crippen LogP contribution in [0.5, 0.6) is 5.75 Å². The van der Waals surface area contributed by atoms with Gasteiger partial charge in [-0.1, -0.05) is 11.6 Å². The third kappa shape index (κ3) is 4.70. The maximum atomic E-state index is 12.8. The van der Waals surface area contributed by atoms with Crippen LogP contribution in [0.15, 0.2) is 47.6 Å². The van der Waals surface area contributed by atoms with Gasteiger partial charge in [-0.2, -0.15) is 5.10 Å². The van der Waals surface area contributed by atoms with E-state index in [1.807, 2.05) is 0 Å². The number of hydrogen-bond donors (Lipinski definition) is 3. The summed E-state index contributed by atoms with van der Waals surface area (Å²) < 4.78 is 12.8. The molecule has 0 unspecified atom stereocenters. The predicted molar refractivity (Wildman–Crippen MR) is 86.5 cm³/mol. The summed E-state index contributed by atoms with van der Waals surface area (Å²) in [7, 11) is 0. The largest absolute Gasteiger partial charge is 0.507 e. The van der Waals surface area contributed by atoms with Gasteiger partial charge in [0.25, 0.3) is 0 Å². The van der Waals surface area contributed by atoms with Crippen LogP contribution >= 0.6 is 23.8 Å². The molecule has 0 fully saturated rings. The van der Waals surface area contributed by atoms with E-state index in [0.717, 1.165) is 0 Å². The third-order valence-electron chi connectivity index (χ3n) is 2.46. The van der Waals surface area contributed by atoms with Crippen molar-refractivity contribution in [3.8, 4) is 5.75 Å². The third-order valence-corrected chi connectivity index (χ3v) is 2.89. The zero-order valence-corrected chi connectivity index (χ0v) is 12.2. The molecule has 108 valence electrons. The molecule has 0 aliphatic rings. The number of phenolic OH excluding ortho intramolecular Hbond substituents is 1. The minimum absolute atomic E-state index is 0.0577. The Morgan fingerprint density at radius 3 is 2.67 bits per heavy atom. The van der Waals surface area contributed by atoms with Gasteiger partial charge in [-0.25, -0.2) is 4.39 Å². The fourth-order valence-electron chi connectivity index (χ4n) is 1.48. The molecule has 0 atom stereocenters. The average molecular weight is 324 g/mol. The standard InChI is InChI=1S/C14H11ClFN3OS/c15-10-1-6-13(20)9(7-10)8-17-19-14(21)18-12-4-2-11(16)3-5-12/h1-8,20H,(H2,18,19,21)/b17-8-. The predicted octanol–water partition coefficient (Wildman–Crippen LogP) is 3.51. The highest BCUT2D eigenvalue weighted by atomic mass is 35.5. The fraction of sp³-hybridized carbons (Fsp3) is 0. The molecular weight excluding hydrogens is 313 g/mol. The van der Waals surface area contributed by atoms with Crippen LogP contribution in [-0.2, 0) is 0 Å². The van der Waals surface area contributed by atoms with Gasteiger partial charge in [-0.05, 0) is 54.7 Å². The lowest BCUT2D eigenvalue weighted by Gasteiger charge is -2.06. The van der Waals surface area contributed by atoms with E-state index < -0.39 is 0 Å². The van der Waals surface area contributed by atoms with Gasteiger partial charge in [0.2, 0.25) is 0 Å². The highest BCUT2D eigenvalue weighted by Gasteiger charge is 2.00. The molecule has 0 aliphatic heterocycles. The molecule has 3 N–H and O–H groups in total. The van der Waals surface area contributed by atoms with E-state index in [-0.39, 0.29) is 16.7 Å². The Kier molecular flexibility index (Phi) is 5.08. The number of halogens is 2. The van der Waals surface area contributed by atoms with Crippen LogP contribution < -0.4 is 10.7 Å². The summed E-state index contributed by atoms with van der Waals surface area (Å²) in [5.41, 5.74) is 3.67. The number of nitrogens with zero attached hydrogens (tertiary/aromatic N) is 1. The van der Waals surface area contributed by atoms with E-state index in [1.54, 1.807) is 24.3 Å². The topological polar surface area (TPSA) is 56.7 Å². The number of thiocarbonyl (C=S) groups is 1. The molecule has 0 aliphatic carbocycles. The number of hydrazone groups is 1. The summed E-state index contributed by atoms with van der Waals surface area (Å²) in [6, 6.07) is 10.3. The number of phenols is 1. The number of hydrogen-bond acceptors (Lipinski definition) is 3. The van der Waals surface area contributed by atoms with Gasteiger partial charge in [0, 0.05) is 16.3 Å². The van der Waals surface area contributed by atoms with Crippen molar-refractivity contribution in [3.05, 3.63) is 58.9 Å². The molecule has 4 nitrogen and oxygen atoms in total. The van der Waals surface area contributed by atoms with Crippen molar-refractivity contribution in [2.45, 2.75) is 0 Å². The Morgan fingerprint density at radius 2 is 1.95 bits per heavy atom. The average Bonchev–Trinajstić information content (AvgIpc) is 2.45. The van der Waals surface area contributed by atoms with Crippen molar-refractivity contribution in [2.24, 2.45) is 5.10 Å². The second kappa shape index (κ2) is 7.01. The molecule has 0 saturated carbocycles. The molecular formula is C14H11ClFN3OS. The van der Waals surface area contributed by atoms with Crippen molar-refractivity contribution in [1.29, 1.82) is 0 Å². The molecule has 2 aromatic carbocycles. The van der Waals surface area contributed by atoms with Crippen LogP contribution in [0.4, 0.5) is 10.1 Å². The lowest BCUT2D eigenvalue weighted by molar-refractivity contribution is 0.474. The normalized spacial score (nSPS) is 10.6. The van der Waals surface area contributed by atoms with E-state index in [0.29, 0.717) is 16.3 Å². The lowest BCUT2D eigenvalue weighted by atomic mass is 10.2. The van der Waals surface area contributed by atoms with Crippen LogP contribution in [-0.4, -0.2) is 16.4 Å². The van der Waals surface area contributed by atoms with Crippen LogP contribution in [0.3, 0.4) is 0 Å². The molecule has 0 bridgehead atoms. The molecule has 7 heteroatoms. The van der Waals surface area contributed by atoms with Gasteiger partial charge in [0.15, 0.2) is 5.11 Å². The lowest BCUT2D eigenvalue weighted by Crippen LogP contribution is -2.23. The quantitative estimate of drug-likeness (QED) is 0.460. The van der Waals surface area contributed by atoms with E-state index in [1.165, 1.54) is 24.4 Å². The summed E-state index contributed by atoms with van der Waals surface area (Å²) in [4.78, 5) is 0. The summed E-state index contributed by atoms with van der Waals surface area (Å²) in [6.07, 6.45) is 1.39. The van der Waals surface area contributed by atoms with Gasteiger partial charge in [-0.15, -0.1) is 0 Å². The highest BCUT2D eigenvalue weighted by molar-refractivity contribution is 7.80. The smallest absolute Gasteiger partial charge is 0.191 e. The van der Waals surface area contributed by atoms with E-state index in [4.69, 9.17) is 23.8 Å². The van der Waals surface area contributed by atoms with Crippen molar-refractivity contribution >= 4 is 40.8 Å². The molecule has 0 radical (unpaired) electrons. The number of benzene rings is 2. The summed E-state index contributed by atoms with van der Waals surface area (Å²) in [6.45, 7) is 0. The number of nitrogens with one attached hydrogen (secondary N) is 2. The molecule has 2 rings (SSSR count). The van der Waals surface area contributed by atoms with Crippen molar-refractivity contribution < 1.29 is 9.50 Å². The molecule has 0 aromatic heterocycles. The second-order valence-electron chi connectivity index (χ2n) is 4.03. The Balaban J connectivity index is 1.93. The Labute approximate surface area is 131 Å². The van der Waals surface area contributed by atoms with E-state index >= 15 is 0 Å². The first-order valence-electron chi connectivity index (χ1n) is 5.89. The van der Waals surface area contributed by atoms with Gasteiger partial charge in [0.1, 0.15) is 11.6 Å². The van der Waals surface area contributed by atoms with Gasteiger partial charge in [-0.3, -0.25) is 5.43 Å². The SMILES string of the molecule is Oc1ccc(Cl)cc1/C=N\NC(=S)Nc1ccc(F)cc1. The maximum absolute atomic E-state index is 12.8. The minimum Gasteiger partial charge on any atom is -0.507 e. The summed E-state index contributed by atoms with van der Waals surface area (Å²) in [5, 5.41) is 17.0. The highest BCUT2D eigenvalue weighted by Crippen LogP contribution is 2.19. The zero-order valence-electron chi connectivity index (χ0n) is 10.7. The first kappa shape index (κ1) is 15.2. The van der Waals surface area contributed by atoms with Crippen molar-refractivity contribution in [3.63, 3.8) is 0 Å². The maximum Gasteiger partial charge on any atom is 0.191 e. The van der Waals surface area contributed by atoms with Crippen LogP contribution in [0.2, 0.25) is 5.02 Å². The first-order valence-corrected chi connectivity index (χ1v) is 6.67. The molecule has 0 amide bonds. The molecule has 2 aromatic rings. The van der Waals surface area contributed by atoms with Crippen molar-refractivity contribution in [2.75, 3.05) is 5.32 Å². The van der Waals surface area contributed by atoms with Crippen LogP contribution in [0, 0.1) is 5.82 Å². The van der Waals surface area contributed by atoms with Crippen LogP contribution in [0.1, 0.15) is 5.56 Å². The van der Waals surface area contributed by atoms with Crippen LogP contribution in [0.25, 0.3) is 0 Å². The number of aromatic hydroxyl groups is 1. The Morgan fingerprint density at radius 1 is 1.24 bits per heavy atom. The molecule has 0 spiro atoms. The van der Waals surface area contributed by atoms with Gasteiger partial charge in [0.05, 0.1) is 6.21 Å². The second-order valence-corrected chi connectivity index (χ2v) is 4.88. The molecule has 0 saturated heterocycles. The summed E-state index contributed by atoms with van der Waals surface area (Å²) in [5.74, 6) is -0.267. The van der Waals surface area contributed by atoms with E-state index in [9.17, 15) is 9.50 Å². The number of rotatable bonds is 3. The first-order chi connectivity index (χ1) is 10.0. The zero-order chi connectivity index (χ0) is 15.2. The van der Waals surface area contributed by atoms with E-state index in [2.05, 4.69) is 15.8 Å². The molecule has 0 heterocycles. The Bertz CT molecular complexity index is 676. The Hall–Kier alpha value is -2.18. The minimum atomic E-state index is -0.325. The summed E-state index contributed by atoms with van der Waals surface area (Å²) >= 11 is 10.8. The van der Waals surface area contributed by atoms with Gasteiger partial charge >= 0.3 is 0 Å². The van der Waals surface area contributed by atoms with Gasteiger partial charge < -0.3 is 10.4 Å². The monoisotopic (exact) mass is 323 g/mol. The fourth-order valence-corrected chi connectivity index (χ4v) is 1.83.